The van der Waals surface area contributed by atoms with Crippen molar-refractivity contribution in [3.63, 3.8) is 0 Å². The fourth-order valence-electron chi connectivity index (χ4n) is 5.73. The van der Waals surface area contributed by atoms with Crippen LogP contribution in [0.25, 0.3) is 32.7 Å². The van der Waals surface area contributed by atoms with Gasteiger partial charge in [0.1, 0.15) is 26.0 Å². The molecule has 0 aliphatic rings. The number of fused-ring (bicyclic) bond motifs is 2. The van der Waals surface area contributed by atoms with Gasteiger partial charge < -0.3 is 29.8 Å². The van der Waals surface area contributed by atoms with E-state index in [1.165, 1.54) is 48.5 Å². The number of carboxylic acid groups (broad SMARTS) is 1. The molecule has 7 aromatic carbocycles. The molecule has 0 saturated heterocycles. The van der Waals surface area contributed by atoms with Crippen LogP contribution in [0.3, 0.4) is 0 Å². The summed E-state index contributed by atoms with van der Waals surface area (Å²) in [6.45, 7) is 0. The van der Waals surface area contributed by atoms with Crippen molar-refractivity contribution >= 4 is 87.6 Å². The quantitative estimate of drug-likeness (QED) is 0.0761. The molecular formula is C39H24N7Na3O9S2. The first-order valence-corrected chi connectivity index (χ1v) is 19.3. The Morgan fingerprint density at radius 3 is 1.38 bits per heavy atom. The molecule has 7 rings (SSSR count). The molecule has 0 bridgehead atoms. The Labute approximate surface area is 408 Å². The van der Waals surface area contributed by atoms with Crippen molar-refractivity contribution in [2.45, 2.75) is 9.79 Å². The third kappa shape index (κ3) is 11.2. The summed E-state index contributed by atoms with van der Waals surface area (Å²) >= 11 is 0. The van der Waals surface area contributed by atoms with Crippen molar-refractivity contribution in [3.05, 3.63) is 133 Å². The van der Waals surface area contributed by atoms with Crippen molar-refractivity contribution in [1.82, 2.24) is 0 Å². The summed E-state index contributed by atoms with van der Waals surface area (Å²) in [6.07, 6.45) is 0. The molecule has 0 spiro atoms. The Morgan fingerprint density at radius 1 is 0.483 bits per heavy atom. The van der Waals surface area contributed by atoms with Crippen LogP contribution in [0.5, 0.6) is 5.75 Å². The van der Waals surface area contributed by atoms with E-state index in [4.69, 9.17) is 5.73 Å². The van der Waals surface area contributed by atoms with E-state index in [1.54, 1.807) is 30.3 Å². The van der Waals surface area contributed by atoms with E-state index < -0.39 is 47.3 Å². The van der Waals surface area contributed by atoms with Crippen LogP contribution < -0.4 is 99.5 Å². The monoisotopic (exact) mass is 867 g/mol. The second-order valence-corrected chi connectivity index (χ2v) is 15.0. The first-order chi connectivity index (χ1) is 27.1. The molecule has 0 amide bonds. The van der Waals surface area contributed by atoms with Gasteiger partial charge in [-0.05, 0) is 102 Å². The Hall–Kier alpha value is -4.25. The number of nitrogens with two attached hydrogens (primary N) is 1. The van der Waals surface area contributed by atoms with Gasteiger partial charge in [-0.25, -0.2) is 16.8 Å². The number of anilines is 1. The van der Waals surface area contributed by atoms with Crippen LogP contribution >= 0.6 is 0 Å². The van der Waals surface area contributed by atoms with Crippen LogP contribution in [-0.4, -0.2) is 37.0 Å². The number of nitrogen functional groups attached to an aromatic ring is 1. The predicted molar refractivity (Wildman–Crippen MR) is 205 cm³/mol. The van der Waals surface area contributed by atoms with Gasteiger partial charge in [-0.3, -0.25) is 0 Å². The van der Waals surface area contributed by atoms with Gasteiger partial charge in [0.05, 0.1) is 49.9 Å². The minimum atomic E-state index is -4.85. The minimum Gasteiger partial charge on any atom is -0.744 e. The zero-order chi connectivity index (χ0) is 40.5. The number of nitrogens with zero attached hydrogens (tertiary/aromatic N) is 6. The number of carboxylic acids is 1. The van der Waals surface area contributed by atoms with E-state index in [1.807, 2.05) is 24.3 Å². The second kappa shape index (κ2) is 20.1. The number of benzene rings is 7. The molecule has 0 aliphatic carbocycles. The third-order valence-electron chi connectivity index (χ3n) is 8.61. The molecule has 0 saturated carbocycles. The number of hydrogen-bond donors (Lipinski definition) is 2. The predicted octanol–water partition coefficient (Wildman–Crippen LogP) is -0.622. The van der Waals surface area contributed by atoms with Gasteiger partial charge >= 0.3 is 88.7 Å². The van der Waals surface area contributed by atoms with Crippen molar-refractivity contribution in [1.29, 1.82) is 0 Å². The molecule has 0 aromatic heterocycles. The molecule has 284 valence electrons. The second-order valence-electron chi connectivity index (χ2n) is 12.3. The van der Waals surface area contributed by atoms with Crippen LogP contribution in [-0.2, 0) is 20.2 Å². The maximum Gasteiger partial charge on any atom is 1.00 e. The summed E-state index contributed by atoms with van der Waals surface area (Å²) in [5, 5.41) is 47.6. The Balaban J connectivity index is 0.00000265. The number of aromatic hydroxyl groups is 1. The smallest absolute Gasteiger partial charge is 0.744 e. The summed E-state index contributed by atoms with van der Waals surface area (Å²) in [7, 11) is -9.59. The van der Waals surface area contributed by atoms with Gasteiger partial charge in [0.15, 0.2) is 0 Å². The Bertz CT molecular complexity index is 3080. The van der Waals surface area contributed by atoms with Gasteiger partial charge in [-0.2, -0.15) is 15.3 Å². The summed E-state index contributed by atoms with van der Waals surface area (Å²) in [4.78, 5) is 10.2. The molecular weight excluding hydrogens is 844 g/mol. The van der Waals surface area contributed by atoms with Gasteiger partial charge in [0, 0.05) is 32.8 Å². The van der Waals surface area contributed by atoms with Crippen LogP contribution in [0.2, 0.25) is 0 Å². The van der Waals surface area contributed by atoms with E-state index in [0.29, 0.717) is 27.8 Å². The topological polar surface area (TPSA) is 275 Å². The number of rotatable bonds is 10. The van der Waals surface area contributed by atoms with Gasteiger partial charge in [0.25, 0.3) is 0 Å². The van der Waals surface area contributed by atoms with E-state index in [2.05, 4.69) is 30.7 Å². The molecule has 0 aliphatic heterocycles. The maximum absolute atomic E-state index is 11.9. The SMILES string of the molecule is Nc1ccc(N=Nc2ccc(N=Nc3ccc(-c4ccc(N=Nc5ccc(O)c(C(=O)[O-])c5)cc4)cc3)c3ccc(S(=O)(=O)[O-])cc23)c2ccc(S(=O)(=O)[O-])cc12.[Na+].[Na+].[Na+]. The number of phenols is 1. The first-order valence-electron chi connectivity index (χ1n) is 16.4. The number of carbonyl (C=O) groups is 1. The molecule has 3 N–H and O–H groups in total. The summed E-state index contributed by atoms with van der Waals surface area (Å²) in [6, 6.07) is 31.5. The van der Waals surface area contributed by atoms with Crippen LogP contribution in [0.1, 0.15) is 10.4 Å². The van der Waals surface area contributed by atoms with E-state index in [0.717, 1.165) is 35.4 Å². The molecule has 0 heterocycles. The maximum atomic E-state index is 11.9. The van der Waals surface area contributed by atoms with E-state index in [9.17, 15) is 40.9 Å². The largest absolute Gasteiger partial charge is 1.00 e. The van der Waals surface area contributed by atoms with Gasteiger partial charge in [-0.15, -0.1) is 15.3 Å². The summed E-state index contributed by atoms with van der Waals surface area (Å²) < 4.78 is 70.6. The van der Waals surface area contributed by atoms with Crippen LogP contribution in [0.4, 0.5) is 39.8 Å². The Morgan fingerprint density at radius 2 is 0.883 bits per heavy atom. The van der Waals surface area contributed by atoms with Crippen molar-refractivity contribution < 1.29 is 130 Å². The number of aromatic carboxylic acids is 1. The Kier molecular flexibility index (Phi) is 16.2. The molecule has 0 unspecified atom stereocenters. The normalized spacial score (nSPS) is 11.8. The fourth-order valence-corrected chi connectivity index (χ4v) is 6.72. The van der Waals surface area contributed by atoms with Gasteiger partial charge in [-0.1, -0.05) is 36.4 Å². The van der Waals surface area contributed by atoms with Crippen molar-refractivity contribution in [3.8, 4) is 16.9 Å². The molecule has 0 radical (unpaired) electrons. The zero-order valence-corrected chi connectivity index (χ0v) is 39.5. The first kappa shape index (κ1) is 48.4. The number of hydrogen-bond acceptors (Lipinski definition) is 16. The van der Waals surface area contributed by atoms with Crippen LogP contribution in [0, 0.1) is 0 Å². The van der Waals surface area contributed by atoms with Gasteiger partial charge in [0.2, 0.25) is 0 Å². The van der Waals surface area contributed by atoms with Crippen molar-refractivity contribution in [2.75, 3.05) is 5.73 Å². The van der Waals surface area contributed by atoms with Crippen LogP contribution in [0.15, 0.2) is 168 Å². The minimum absolute atomic E-state index is 0. The van der Waals surface area contributed by atoms with E-state index in [-0.39, 0.29) is 122 Å². The van der Waals surface area contributed by atoms with Crippen molar-refractivity contribution in [2.24, 2.45) is 30.7 Å². The standard InChI is InChI=1S/C39H27N7O9S2.3Na/c40-34-14-15-35(29-12-10-27(20-31(29)34)56(50,51)52)45-46-37-17-16-36(30-13-11-28(21-32(30)37)57(53,54)55)44-42-25-7-3-23(4-8-25)22-1-5-24(6-2-22)41-43-26-9-18-38(47)33(19-26)39(48)49;;;/h1-21,47H,40H2,(H,48,49)(H,50,51,52)(H,53,54,55);;;/q;3*+1/p-3. The third-order valence-corrected chi connectivity index (χ3v) is 10.3. The molecule has 0 atom stereocenters. The summed E-state index contributed by atoms with van der Waals surface area (Å²) in [5.41, 5.74) is 9.56. The molecule has 21 heteroatoms. The molecule has 7 aromatic rings. The summed E-state index contributed by atoms with van der Waals surface area (Å²) in [5.74, 6) is -1.97. The number of azo groups is 3. The molecule has 16 nitrogen and oxygen atoms in total. The number of carbonyl (C=O) groups excluding carboxylic acids is 1. The average molecular weight is 868 g/mol. The molecule has 60 heavy (non-hydrogen) atoms. The zero-order valence-electron chi connectivity index (χ0n) is 31.9. The van der Waals surface area contributed by atoms with E-state index >= 15 is 0 Å². The fraction of sp³-hybridized carbons (Fsp3) is 0. The molecule has 0 fully saturated rings. The average Bonchev–Trinajstić information content (AvgIpc) is 3.19.